The first kappa shape index (κ1) is 27.9. The van der Waals surface area contributed by atoms with Gasteiger partial charge >= 0.3 is 6.36 Å². The number of nitrogens with zero attached hydrogens (tertiary/aromatic N) is 3. The summed E-state index contributed by atoms with van der Waals surface area (Å²) in [4.78, 5) is 34.7. The topological polar surface area (TPSA) is 84.4 Å². The number of carbonyl (C=O) groups excluding carboxylic acids is 2. The molecule has 206 valence electrons. The number of hydrogen-bond donors (Lipinski definition) is 1. The van der Waals surface area contributed by atoms with Crippen LogP contribution in [0.3, 0.4) is 0 Å². The smallest absolute Gasteiger partial charge is 0.406 e. The van der Waals surface area contributed by atoms with Crippen molar-refractivity contribution in [2.75, 3.05) is 4.90 Å². The first-order valence-electron chi connectivity index (χ1n) is 11.2. The van der Waals surface area contributed by atoms with Crippen LogP contribution < -0.4 is 15.0 Å². The molecule has 15 heteroatoms. The number of rotatable bonds is 7. The van der Waals surface area contributed by atoms with Crippen LogP contribution in [0.15, 0.2) is 36.9 Å². The summed E-state index contributed by atoms with van der Waals surface area (Å²) in [6.07, 6.45) is -2.26. The molecule has 1 unspecified atom stereocenters. The maximum absolute atomic E-state index is 15.2. The van der Waals surface area contributed by atoms with Gasteiger partial charge in [-0.25, -0.2) is 27.5 Å². The number of carbonyl (C=O) groups is 2. The number of halogens is 8. The Bertz CT molecular complexity index is 1220. The largest absolute Gasteiger partial charge is 0.573 e. The summed E-state index contributed by atoms with van der Waals surface area (Å²) in [7, 11) is 0. The normalized spacial score (nSPS) is 24.4. The van der Waals surface area contributed by atoms with Crippen LogP contribution in [0.1, 0.15) is 31.7 Å². The molecule has 4 rings (SSSR count). The summed E-state index contributed by atoms with van der Waals surface area (Å²) in [6.45, 7) is 1.10. The maximum atomic E-state index is 15.2. The third-order valence-electron chi connectivity index (χ3n) is 6.96. The lowest BCUT2D eigenvalue weighted by atomic mass is 9.87. The van der Waals surface area contributed by atoms with Crippen LogP contribution >= 0.6 is 11.6 Å². The van der Waals surface area contributed by atoms with E-state index in [-0.39, 0.29) is 18.4 Å². The molecule has 2 aliphatic carbocycles. The van der Waals surface area contributed by atoms with Crippen LogP contribution in [-0.4, -0.2) is 45.7 Å². The maximum Gasteiger partial charge on any atom is 0.573 e. The van der Waals surface area contributed by atoms with Crippen LogP contribution in [0, 0.1) is 17.7 Å². The third kappa shape index (κ3) is 5.22. The Morgan fingerprint density at radius 3 is 2.37 bits per heavy atom. The summed E-state index contributed by atoms with van der Waals surface area (Å²) in [6, 6.07) is 0.909. The van der Waals surface area contributed by atoms with E-state index in [2.05, 4.69) is 20.0 Å². The number of anilines is 1. The highest BCUT2D eigenvalue weighted by Crippen LogP contribution is 2.54. The molecule has 1 aromatic carbocycles. The van der Waals surface area contributed by atoms with E-state index in [9.17, 15) is 35.9 Å². The van der Waals surface area contributed by atoms with E-state index in [0.717, 1.165) is 25.6 Å². The summed E-state index contributed by atoms with van der Waals surface area (Å²) in [5.74, 6) is -9.52. The van der Waals surface area contributed by atoms with Crippen molar-refractivity contribution >= 4 is 29.1 Å². The molecule has 5 atom stereocenters. The van der Waals surface area contributed by atoms with Crippen molar-refractivity contribution in [3.8, 4) is 5.75 Å². The second-order valence-electron chi connectivity index (χ2n) is 9.31. The molecule has 2 fully saturated rings. The molecule has 1 heterocycles. The van der Waals surface area contributed by atoms with E-state index in [4.69, 9.17) is 11.6 Å². The Hall–Kier alpha value is -3.16. The van der Waals surface area contributed by atoms with Gasteiger partial charge in [-0.1, -0.05) is 11.6 Å². The Morgan fingerprint density at radius 1 is 1.21 bits per heavy atom. The van der Waals surface area contributed by atoms with Crippen molar-refractivity contribution in [1.82, 2.24) is 15.3 Å². The van der Waals surface area contributed by atoms with E-state index in [1.54, 1.807) is 0 Å². The number of aromatic nitrogens is 2. The summed E-state index contributed by atoms with van der Waals surface area (Å²) < 4.78 is 98.9. The number of benzene rings is 1. The number of fused-ring (bicyclic) bond motifs is 2. The van der Waals surface area contributed by atoms with Crippen molar-refractivity contribution in [3.63, 3.8) is 0 Å². The fourth-order valence-electron chi connectivity index (χ4n) is 5.15. The van der Waals surface area contributed by atoms with E-state index in [1.165, 1.54) is 0 Å². The molecule has 0 radical (unpaired) electrons. The molecule has 2 bridgehead atoms. The van der Waals surface area contributed by atoms with Gasteiger partial charge in [-0.15, -0.1) is 13.2 Å². The molecule has 2 aliphatic rings. The minimum absolute atomic E-state index is 0.0577. The molecule has 0 saturated heterocycles. The second kappa shape index (κ2) is 9.86. The fourth-order valence-corrected chi connectivity index (χ4v) is 5.25. The number of hydrogen-bond acceptors (Lipinski definition) is 5. The number of nitrogens with one attached hydrogen (secondary N) is 1. The molecule has 38 heavy (non-hydrogen) atoms. The van der Waals surface area contributed by atoms with E-state index in [0.29, 0.717) is 23.1 Å². The average Bonchev–Trinajstić information content (AvgIpc) is 3.35. The van der Waals surface area contributed by atoms with Gasteiger partial charge in [0, 0.05) is 42.4 Å². The van der Waals surface area contributed by atoms with Gasteiger partial charge in [-0.3, -0.25) is 14.5 Å². The summed E-state index contributed by atoms with van der Waals surface area (Å²) in [5.41, 5.74) is -6.09. The molecule has 1 aromatic heterocycles. The first-order chi connectivity index (χ1) is 17.6. The van der Waals surface area contributed by atoms with Gasteiger partial charge in [0.1, 0.15) is 12.1 Å². The van der Waals surface area contributed by atoms with E-state index >= 15 is 4.39 Å². The molecule has 0 aliphatic heterocycles. The number of alkyl halides is 7. The number of ether oxygens (including phenoxy) is 1. The van der Waals surface area contributed by atoms with Gasteiger partial charge < -0.3 is 10.1 Å². The summed E-state index contributed by atoms with van der Waals surface area (Å²) >= 11 is 5.39. The molecule has 1 N–H and O–H groups in total. The van der Waals surface area contributed by atoms with E-state index in [1.807, 2.05) is 0 Å². The Labute approximate surface area is 216 Å². The van der Waals surface area contributed by atoms with Crippen molar-refractivity contribution in [1.29, 1.82) is 0 Å². The quantitative estimate of drug-likeness (QED) is 0.381. The zero-order chi connectivity index (χ0) is 28.0. The lowest BCUT2D eigenvalue weighted by Crippen LogP contribution is -2.60. The predicted molar refractivity (Wildman–Crippen MR) is 118 cm³/mol. The second-order valence-corrected chi connectivity index (χ2v) is 9.69. The Kier molecular flexibility index (Phi) is 7.23. The van der Waals surface area contributed by atoms with Crippen LogP contribution in [-0.2, 0) is 15.1 Å². The fraction of sp³-hybridized carbons (Fsp3) is 0.478. The molecular formula is C23H20ClF7N4O3. The van der Waals surface area contributed by atoms with Crippen LogP contribution in [0.25, 0.3) is 0 Å². The molecule has 0 spiro atoms. The first-order valence-corrected chi connectivity index (χ1v) is 11.7. The molecular weight excluding hydrogens is 549 g/mol. The Morgan fingerprint density at radius 2 is 1.87 bits per heavy atom. The van der Waals surface area contributed by atoms with Gasteiger partial charge in [0.05, 0.1) is 5.69 Å². The average molecular weight is 569 g/mol. The third-order valence-corrected chi connectivity index (χ3v) is 7.14. The minimum Gasteiger partial charge on any atom is -0.406 e. The van der Waals surface area contributed by atoms with Gasteiger partial charge in [0.25, 0.3) is 23.4 Å². The van der Waals surface area contributed by atoms with Gasteiger partial charge in [0.15, 0.2) is 11.4 Å². The predicted octanol–water partition coefficient (Wildman–Crippen LogP) is 4.85. The van der Waals surface area contributed by atoms with Gasteiger partial charge in [0.2, 0.25) is 0 Å². The lowest BCUT2D eigenvalue weighted by molar-refractivity contribution is -0.274. The van der Waals surface area contributed by atoms with Gasteiger partial charge in [-0.2, -0.15) is 0 Å². The van der Waals surface area contributed by atoms with E-state index < -0.39 is 76.8 Å². The summed E-state index contributed by atoms with van der Waals surface area (Å²) in [5, 5.41) is 2.61. The molecule has 2 aromatic rings. The zero-order valence-corrected chi connectivity index (χ0v) is 20.2. The van der Waals surface area contributed by atoms with Crippen molar-refractivity contribution in [2.24, 2.45) is 11.8 Å². The van der Waals surface area contributed by atoms with Crippen molar-refractivity contribution in [2.45, 2.75) is 55.7 Å². The highest BCUT2D eigenvalue weighted by Gasteiger charge is 2.58. The molecule has 7 nitrogen and oxygen atoms in total. The van der Waals surface area contributed by atoms with Crippen molar-refractivity contribution < 1.29 is 45.1 Å². The van der Waals surface area contributed by atoms with Crippen molar-refractivity contribution in [3.05, 3.63) is 48.3 Å². The molecule has 2 amide bonds. The SMILES string of the molecule is C[C@](C(=O)N[C@H]1C[C@@H]2CC1CC2(F)F)(c1cncnc1)N(C(=O)[C@H](F)Cl)c1ccc(OC(F)(F)F)cc1F. The monoisotopic (exact) mass is 568 g/mol. The Balaban J connectivity index is 1.77. The highest BCUT2D eigenvalue weighted by atomic mass is 35.5. The van der Waals surface area contributed by atoms with Crippen LogP contribution in [0.2, 0.25) is 0 Å². The van der Waals surface area contributed by atoms with Gasteiger partial charge in [-0.05, 0) is 37.8 Å². The molecule has 2 saturated carbocycles. The lowest BCUT2D eigenvalue weighted by Gasteiger charge is -2.41. The van der Waals surface area contributed by atoms with Crippen LogP contribution in [0.5, 0.6) is 5.75 Å². The minimum atomic E-state index is -5.16. The van der Waals surface area contributed by atoms with Crippen LogP contribution in [0.4, 0.5) is 36.4 Å². The zero-order valence-electron chi connectivity index (χ0n) is 19.5. The number of amides is 2. The standard InChI is InChI=1S/C23H20ClF7N4O3/c1-21(13-8-32-10-33-9-13,20(37)34-16-5-12-4-11(16)7-22(12,27)28)35(19(36)18(24)26)17-3-2-14(6-15(17)25)38-23(29,30)31/h2-3,6,8-12,16,18H,4-5,7H2,1H3,(H,34,37)/t11?,12-,16-,18-,21+/m0/s1. The highest BCUT2D eigenvalue weighted by molar-refractivity contribution is 6.32.